The standard InChI is InChI=1S/C15H16ClN3O/c1-19(2)14-6-4-3-5-13(14)18-15(20)11-9-10(17)7-8-12(11)16/h3-9H,17H2,1-2H3,(H,18,20). The number of carbonyl (C=O) groups excluding carboxylic acids is 1. The normalized spacial score (nSPS) is 10.2. The number of nitrogens with zero attached hydrogens (tertiary/aromatic N) is 1. The average molecular weight is 290 g/mol. The van der Waals surface area contributed by atoms with Crippen molar-refractivity contribution in [2.24, 2.45) is 0 Å². The summed E-state index contributed by atoms with van der Waals surface area (Å²) in [4.78, 5) is 14.2. The molecule has 0 radical (unpaired) electrons. The second-order valence-electron chi connectivity index (χ2n) is 4.60. The molecule has 3 N–H and O–H groups in total. The van der Waals surface area contributed by atoms with Crippen LogP contribution in [0.15, 0.2) is 42.5 Å². The van der Waals surface area contributed by atoms with Gasteiger partial charge in [-0.15, -0.1) is 0 Å². The number of nitrogen functional groups attached to an aromatic ring is 1. The first-order valence-corrected chi connectivity index (χ1v) is 6.49. The molecule has 0 saturated heterocycles. The molecule has 0 atom stereocenters. The van der Waals surface area contributed by atoms with Crippen LogP contribution in [0.1, 0.15) is 10.4 Å². The highest BCUT2D eigenvalue weighted by Gasteiger charge is 2.13. The number of anilines is 3. The van der Waals surface area contributed by atoms with E-state index in [0.717, 1.165) is 11.4 Å². The first-order valence-electron chi connectivity index (χ1n) is 6.12. The second-order valence-corrected chi connectivity index (χ2v) is 5.01. The molecule has 0 aliphatic rings. The van der Waals surface area contributed by atoms with Gasteiger partial charge in [0.2, 0.25) is 0 Å². The minimum Gasteiger partial charge on any atom is -0.399 e. The first-order chi connectivity index (χ1) is 9.49. The quantitative estimate of drug-likeness (QED) is 0.853. The number of benzene rings is 2. The van der Waals surface area contributed by atoms with E-state index < -0.39 is 0 Å². The van der Waals surface area contributed by atoms with Gasteiger partial charge in [-0.3, -0.25) is 4.79 Å². The van der Waals surface area contributed by atoms with Crippen LogP contribution in [0.2, 0.25) is 5.02 Å². The average Bonchev–Trinajstić information content (AvgIpc) is 2.41. The zero-order valence-corrected chi connectivity index (χ0v) is 12.1. The largest absolute Gasteiger partial charge is 0.399 e. The van der Waals surface area contributed by atoms with Gasteiger partial charge >= 0.3 is 0 Å². The lowest BCUT2D eigenvalue weighted by Gasteiger charge is -2.18. The summed E-state index contributed by atoms with van der Waals surface area (Å²) in [7, 11) is 3.83. The molecule has 0 aliphatic carbocycles. The smallest absolute Gasteiger partial charge is 0.257 e. The van der Waals surface area contributed by atoms with E-state index in [2.05, 4.69) is 5.32 Å². The molecule has 0 fully saturated rings. The Kier molecular flexibility index (Phi) is 4.15. The maximum Gasteiger partial charge on any atom is 0.257 e. The number of nitrogens with one attached hydrogen (secondary N) is 1. The Balaban J connectivity index is 2.31. The number of rotatable bonds is 3. The third-order valence-electron chi connectivity index (χ3n) is 2.87. The minimum atomic E-state index is -0.281. The molecular formula is C15H16ClN3O. The Hall–Kier alpha value is -2.20. The van der Waals surface area contributed by atoms with Crippen molar-refractivity contribution < 1.29 is 4.79 Å². The molecular weight excluding hydrogens is 274 g/mol. The Morgan fingerprint density at radius 2 is 1.90 bits per heavy atom. The number of amides is 1. The summed E-state index contributed by atoms with van der Waals surface area (Å²) >= 11 is 6.03. The maximum atomic E-state index is 12.3. The van der Waals surface area contributed by atoms with Gasteiger partial charge in [0.15, 0.2) is 0 Å². The molecule has 1 amide bonds. The zero-order chi connectivity index (χ0) is 14.7. The number of halogens is 1. The van der Waals surface area contributed by atoms with Crippen LogP contribution in [-0.4, -0.2) is 20.0 Å². The first kappa shape index (κ1) is 14.2. The van der Waals surface area contributed by atoms with Crippen LogP contribution in [0.4, 0.5) is 17.1 Å². The van der Waals surface area contributed by atoms with Crippen LogP contribution in [0, 0.1) is 0 Å². The number of nitrogens with two attached hydrogens (primary N) is 1. The van der Waals surface area contributed by atoms with Crippen molar-refractivity contribution in [3.8, 4) is 0 Å². The number of carbonyl (C=O) groups is 1. The Morgan fingerprint density at radius 1 is 1.20 bits per heavy atom. The van der Waals surface area contributed by atoms with Crippen molar-refractivity contribution in [1.82, 2.24) is 0 Å². The Bertz CT molecular complexity index is 641. The number of hydrogen-bond donors (Lipinski definition) is 2. The van der Waals surface area contributed by atoms with Crippen LogP contribution >= 0.6 is 11.6 Å². The SMILES string of the molecule is CN(C)c1ccccc1NC(=O)c1cc(N)ccc1Cl. The molecule has 20 heavy (non-hydrogen) atoms. The van der Waals surface area contributed by atoms with Gasteiger partial charge in [-0.05, 0) is 30.3 Å². The molecule has 0 bridgehead atoms. The summed E-state index contributed by atoms with van der Waals surface area (Å²) in [6.07, 6.45) is 0. The fourth-order valence-corrected chi connectivity index (χ4v) is 2.08. The van der Waals surface area contributed by atoms with Crippen molar-refractivity contribution in [1.29, 1.82) is 0 Å². The second kappa shape index (κ2) is 5.84. The third kappa shape index (κ3) is 3.03. The minimum absolute atomic E-state index is 0.281. The third-order valence-corrected chi connectivity index (χ3v) is 3.20. The van der Waals surface area contributed by atoms with E-state index in [1.807, 2.05) is 43.3 Å². The van der Waals surface area contributed by atoms with Crippen LogP contribution < -0.4 is 16.0 Å². The Morgan fingerprint density at radius 3 is 2.60 bits per heavy atom. The summed E-state index contributed by atoms with van der Waals surface area (Å²) in [5.74, 6) is -0.281. The molecule has 0 aliphatic heterocycles. The molecule has 0 spiro atoms. The van der Waals surface area contributed by atoms with Crippen molar-refractivity contribution in [3.63, 3.8) is 0 Å². The van der Waals surface area contributed by atoms with E-state index in [1.54, 1.807) is 18.2 Å². The molecule has 0 saturated carbocycles. The summed E-state index contributed by atoms with van der Waals surface area (Å²) in [5.41, 5.74) is 8.19. The molecule has 104 valence electrons. The zero-order valence-electron chi connectivity index (χ0n) is 11.4. The summed E-state index contributed by atoms with van der Waals surface area (Å²) in [5, 5.41) is 3.23. The molecule has 0 unspecified atom stereocenters. The molecule has 2 aromatic rings. The van der Waals surface area contributed by atoms with Crippen LogP contribution in [0.3, 0.4) is 0 Å². The summed E-state index contributed by atoms with van der Waals surface area (Å²) in [6.45, 7) is 0. The Labute approximate surface area is 123 Å². The van der Waals surface area contributed by atoms with Crippen LogP contribution in [0.25, 0.3) is 0 Å². The molecule has 0 heterocycles. The molecule has 2 aromatic carbocycles. The lowest BCUT2D eigenvalue weighted by atomic mass is 10.1. The highest BCUT2D eigenvalue weighted by Crippen LogP contribution is 2.26. The van der Waals surface area contributed by atoms with Gasteiger partial charge in [-0.1, -0.05) is 23.7 Å². The predicted molar refractivity (Wildman–Crippen MR) is 84.6 cm³/mol. The van der Waals surface area contributed by atoms with Crippen molar-refractivity contribution >= 4 is 34.6 Å². The summed E-state index contributed by atoms with van der Waals surface area (Å²) in [6, 6.07) is 12.4. The maximum absolute atomic E-state index is 12.3. The van der Waals surface area contributed by atoms with Crippen molar-refractivity contribution in [3.05, 3.63) is 53.1 Å². The number of hydrogen-bond acceptors (Lipinski definition) is 3. The lowest BCUT2D eigenvalue weighted by Crippen LogP contribution is -2.17. The van der Waals surface area contributed by atoms with Gasteiger partial charge in [0.1, 0.15) is 0 Å². The van der Waals surface area contributed by atoms with E-state index in [-0.39, 0.29) is 5.91 Å². The molecule has 2 rings (SSSR count). The van der Waals surface area contributed by atoms with Gasteiger partial charge in [0, 0.05) is 19.8 Å². The van der Waals surface area contributed by atoms with E-state index in [1.165, 1.54) is 0 Å². The van der Waals surface area contributed by atoms with Crippen molar-refractivity contribution in [2.75, 3.05) is 30.0 Å². The molecule has 0 aromatic heterocycles. The van der Waals surface area contributed by atoms with Gasteiger partial charge in [0.05, 0.1) is 22.0 Å². The fraction of sp³-hybridized carbons (Fsp3) is 0.133. The van der Waals surface area contributed by atoms with Crippen molar-refractivity contribution in [2.45, 2.75) is 0 Å². The topological polar surface area (TPSA) is 58.4 Å². The van der Waals surface area contributed by atoms with Gasteiger partial charge in [-0.2, -0.15) is 0 Å². The molecule has 5 heteroatoms. The van der Waals surface area contributed by atoms with E-state index >= 15 is 0 Å². The lowest BCUT2D eigenvalue weighted by molar-refractivity contribution is 0.102. The highest BCUT2D eigenvalue weighted by molar-refractivity contribution is 6.34. The van der Waals surface area contributed by atoms with Crippen LogP contribution in [-0.2, 0) is 0 Å². The van der Waals surface area contributed by atoms with Gasteiger partial charge in [0.25, 0.3) is 5.91 Å². The summed E-state index contributed by atoms with van der Waals surface area (Å²) < 4.78 is 0. The van der Waals surface area contributed by atoms with Gasteiger partial charge < -0.3 is 16.0 Å². The van der Waals surface area contributed by atoms with E-state index in [9.17, 15) is 4.79 Å². The number of para-hydroxylation sites is 2. The van der Waals surface area contributed by atoms with Gasteiger partial charge in [-0.25, -0.2) is 0 Å². The fourth-order valence-electron chi connectivity index (χ4n) is 1.88. The van der Waals surface area contributed by atoms with E-state index in [4.69, 9.17) is 17.3 Å². The monoisotopic (exact) mass is 289 g/mol. The highest BCUT2D eigenvalue weighted by atomic mass is 35.5. The predicted octanol–water partition coefficient (Wildman–Crippen LogP) is 3.24. The van der Waals surface area contributed by atoms with Crippen LogP contribution in [0.5, 0.6) is 0 Å². The van der Waals surface area contributed by atoms with E-state index in [0.29, 0.717) is 16.3 Å². The molecule has 4 nitrogen and oxygen atoms in total.